The topological polar surface area (TPSA) is 70.7 Å². The van der Waals surface area contributed by atoms with Crippen molar-refractivity contribution in [2.75, 3.05) is 18.4 Å². The molecule has 0 spiro atoms. The zero-order valence-corrected chi connectivity index (χ0v) is 16.3. The van der Waals surface area contributed by atoms with Crippen molar-refractivity contribution in [1.82, 2.24) is 10.2 Å². The molecule has 0 bridgehead atoms. The predicted octanol–water partition coefficient (Wildman–Crippen LogP) is 2.75. The van der Waals surface area contributed by atoms with Crippen LogP contribution in [0.2, 0.25) is 0 Å². The van der Waals surface area contributed by atoms with E-state index < -0.39 is 0 Å². The van der Waals surface area contributed by atoms with E-state index in [1.165, 1.54) is 11.1 Å². The quantitative estimate of drug-likeness (QED) is 0.792. The SMILES string of the molecule is CC(=O)NC1CCN(C(=C2C(=O)Nc3ccccc32)c2ccc3c(c2)COC3)C1. The van der Waals surface area contributed by atoms with Crippen LogP contribution in [0.15, 0.2) is 42.5 Å². The lowest BCUT2D eigenvalue weighted by Gasteiger charge is -2.25. The van der Waals surface area contributed by atoms with Crippen LogP contribution in [0.5, 0.6) is 0 Å². The molecule has 0 aliphatic carbocycles. The lowest BCUT2D eigenvalue weighted by Crippen LogP contribution is -2.35. The first kappa shape index (κ1) is 17.9. The number of carbonyl (C=O) groups excluding carboxylic acids is 2. The van der Waals surface area contributed by atoms with Gasteiger partial charge in [0.05, 0.1) is 24.5 Å². The summed E-state index contributed by atoms with van der Waals surface area (Å²) in [5, 5.41) is 6.02. The van der Waals surface area contributed by atoms with Crippen molar-refractivity contribution in [3.8, 4) is 0 Å². The fourth-order valence-electron chi connectivity index (χ4n) is 4.53. The maximum absolute atomic E-state index is 13.0. The summed E-state index contributed by atoms with van der Waals surface area (Å²) < 4.78 is 5.58. The molecule has 0 aromatic heterocycles. The largest absolute Gasteiger partial charge is 0.372 e. The van der Waals surface area contributed by atoms with Crippen LogP contribution in [0.1, 0.15) is 35.6 Å². The number of rotatable bonds is 3. The number of likely N-dealkylation sites (tertiary alicyclic amines) is 1. The first-order chi connectivity index (χ1) is 14.1. The third kappa shape index (κ3) is 3.19. The van der Waals surface area contributed by atoms with Crippen LogP contribution >= 0.6 is 0 Å². The van der Waals surface area contributed by atoms with Crippen molar-refractivity contribution < 1.29 is 14.3 Å². The highest BCUT2D eigenvalue weighted by Crippen LogP contribution is 2.40. The molecule has 3 aliphatic heterocycles. The van der Waals surface area contributed by atoms with E-state index in [9.17, 15) is 9.59 Å². The maximum atomic E-state index is 13.0. The van der Waals surface area contributed by atoms with Crippen molar-refractivity contribution in [2.45, 2.75) is 32.6 Å². The minimum Gasteiger partial charge on any atom is -0.372 e. The average molecular weight is 389 g/mol. The minimum absolute atomic E-state index is 0.0234. The Balaban J connectivity index is 1.63. The van der Waals surface area contributed by atoms with E-state index in [1.54, 1.807) is 6.92 Å². The monoisotopic (exact) mass is 389 g/mol. The first-order valence-electron chi connectivity index (χ1n) is 9.97. The average Bonchev–Trinajstić information content (AvgIpc) is 3.41. The molecule has 2 aromatic rings. The van der Waals surface area contributed by atoms with Crippen molar-refractivity contribution in [3.63, 3.8) is 0 Å². The van der Waals surface area contributed by atoms with Gasteiger partial charge in [-0.25, -0.2) is 0 Å². The molecule has 6 heteroatoms. The van der Waals surface area contributed by atoms with E-state index in [4.69, 9.17) is 4.74 Å². The Bertz CT molecular complexity index is 1040. The van der Waals surface area contributed by atoms with Crippen LogP contribution in [-0.2, 0) is 27.5 Å². The van der Waals surface area contributed by atoms with Crippen molar-refractivity contribution >= 4 is 28.8 Å². The van der Waals surface area contributed by atoms with Crippen LogP contribution in [0, 0.1) is 0 Å². The van der Waals surface area contributed by atoms with Gasteiger partial charge >= 0.3 is 0 Å². The van der Waals surface area contributed by atoms with Gasteiger partial charge in [0, 0.05) is 37.3 Å². The van der Waals surface area contributed by atoms with E-state index in [0.717, 1.165) is 35.5 Å². The number of benzene rings is 2. The zero-order chi connectivity index (χ0) is 20.0. The van der Waals surface area contributed by atoms with E-state index in [0.29, 0.717) is 25.3 Å². The fourth-order valence-corrected chi connectivity index (χ4v) is 4.53. The molecule has 5 rings (SSSR count). The number of anilines is 1. The van der Waals surface area contributed by atoms with E-state index >= 15 is 0 Å². The first-order valence-corrected chi connectivity index (χ1v) is 9.97. The number of carbonyl (C=O) groups is 2. The summed E-state index contributed by atoms with van der Waals surface area (Å²) >= 11 is 0. The lowest BCUT2D eigenvalue weighted by molar-refractivity contribution is -0.119. The summed E-state index contributed by atoms with van der Waals surface area (Å²) in [6.07, 6.45) is 0.855. The van der Waals surface area contributed by atoms with Crippen molar-refractivity contribution in [3.05, 3.63) is 64.7 Å². The van der Waals surface area contributed by atoms with Gasteiger partial charge in [0.15, 0.2) is 0 Å². The number of nitrogens with one attached hydrogen (secondary N) is 2. The fraction of sp³-hybridized carbons (Fsp3) is 0.304. The zero-order valence-electron chi connectivity index (χ0n) is 16.3. The molecule has 1 fully saturated rings. The number of hydrogen-bond donors (Lipinski definition) is 2. The molecule has 1 atom stereocenters. The molecule has 0 radical (unpaired) electrons. The standard InChI is InChI=1S/C23H23N3O3/c1-14(27)24-18-8-9-26(11-18)22(15-6-7-16-12-29-13-17(16)10-15)21-19-4-2-3-5-20(19)25-23(21)28/h2-7,10,18H,8-9,11-13H2,1H3,(H,24,27)(H,25,28). The number of hydrogen-bond acceptors (Lipinski definition) is 4. The van der Waals surface area contributed by atoms with Crippen LogP contribution in [-0.4, -0.2) is 35.8 Å². The van der Waals surface area contributed by atoms with Crippen molar-refractivity contribution in [1.29, 1.82) is 0 Å². The molecule has 2 amide bonds. The summed E-state index contributed by atoms with van der Waals surface area (Å²) in [5.74, 6) is -0.106. The second-order valence-corrected chi connectivity index (χ2v) is 7.83. The van der Waals surface area contributed by atoms with Gasteiger partial charge in [-0.3, -0.25) is 9.59 Å². The minimum atomic E-state index is -0.0825. The highest BCUT2D eigenvalue weighted by molar-refractivity contribution is 6.36. The van der Waals surface area contributed by atoms with Gasteiger partial charge in [0.1, 0.15) is 0 Å². The molecule has 1 saturated heterocycles. The maximum Gasteiger partial charge on any atom is 0.258 e. The Morgan fingerprint density at radius 1 is 1.17 bits per heavy atom. The Morgan fingerprint density at radius 3 is 2.86 bits per heavy atom. The molecule has 0 saturated carbocycles. The second-order valence-electron chi connectivity index (χ2n) is 7.83. The summed E-state index contributed by atoms with van der Waals surface area (Å²) in [6, 6.07) is 14.2. The van der Waals surface area contributed by atoms with Gasteiger partial charge in [-0.05, 0) is 35.2 Å². The van der Waals surface area contributed by atoms with Crippen LogP contribution in [0.4, 0.5) is 5.69 Å². The molecular weight excluding hydrogens is 366 g/mol. The van der Waals surface area contributed by atoms with Crippen LogP contribution < -0.4 is 10.6 Å². The molecule has 148 valence electrons. The molecule has 3 heterocycles. The highest BCUT2D eigenvalue weighted by atomic mass is 16.5. The van der Waals surface area contributed by atoms with Crippen molar-refractivity contribution in [2.24, 2.45) is 0 Å². The number of ether oxygens (including phenoxy) is 1. The normalized spacial score (nSPS) is 21.6. The van der Waals surface area contributed by atoms with E-state index in [1.807, 2.05) is 24.3 Å². The molecule has 29 heavy (non-hydrogen) atoms. The van der Waals surface area contributed by atoms with Crippen LogP contribution in [0.25, 0.3) is 11.3 Å². The smallest absolute Gasteiger partial charge is 0.258 e. The Labute approximate surface area is 169 Å². The van der Waals surface area contributed by atoms with Gasteiger partial charge in [0.2, 0.25) is 5.91 Å². The number of amides is 2. The van der Waals surface area contributed by atoms with E-state index in [2.05, 4.69) is 33.7 Å². The summed E-state index contributed by atoms with van der Waals surface area (Å²) in [6.45, 7) is 4.25. The Morgan fingerprint density at radius 2 is 2.00 bits per heavy atom. The Hall–Kier alpha value is -3.12. The summed E-state index contributed by atoms with van der Waals surface area (Å²) in [4.78, 5) is 26.8. The van der Waals surface area contributed by atoms with Gasteiger partial charge in [-0.2, -0.15) is 0 Å². The predicted molar refractivity (Wildman–Crippen MR) is 111 cm³/mol. The third-order valence-electron chi connectivity index (χ3n) is 5.82. The molecule has 2 aromatic carbocycles. The number of fused-ring (bicyclic) bond motifs is 2. The molecule has 3 aliphatic rings. The Kier molecular flexibility index (Phi) is 4.36. The number of para-hydroxylation sites is 1. The molecule has 1 unspecified atom stereocenters. The number of nitrogens with zero attached hydrogens (tertiary/aromatic N) is 1. The summed E-state index contributed by atoms with van der Waals surface area (Å²) in [7, 11) is 0. The molecule has 2 N–H and O–H groups in total. The highest BCUT2D eigenvalue weighted by Gasteiger charge is 2.33. The van der Waals surface area contributed by atoms with Gasteiger partial charge < -0.3 is 20.3 Å². The van der Waals surface area contributed by atoms with Gasteiger partial charge in [-0.1, -0.05) is 30.3 Å². The van der Waals surface area contributed by atoms with Gasteiger partial charge in [-0.15, -0.1) is 0 Å². The lowest BCUT2D eigenvalue weighted by atomic mass is 9.97. The molecule has 6 nitrogen and oxygen atoms in total. The van der Waals surface area contributed by atoms with Crippen LogP contribution in [0.3, 0.4) is 0 Å². The van der Waals surface area contributed by atoms with E-state index in [-0.39, 0.29) is 17.9 Å². The van der Waals surface area contributed by atoms with Gasteiger partial charge in [0.25, 0.3) is 5.91 Å². The molecular formula is C23H23N3O3. The summed E-state index contributed by atoms with van der Waals surface area (Å²) in [5.41, 5.74) is 6.77. The second kappa shape index (κ2) is 7.04. The third-order valence-corrected chi connectivity index (χ3v) is 5.82.